The van der Waals surface area contributed by atoms with E-state index in [1.165, 1.54) is 29.2 Å². The molecule has 7 nitrogen and oxygen atoms in total. The van der Waals surface area contributed by atoms with Crippen LogP contribution in [0.5, 0.6) is 5.75 Å². The number of benzene rings is 1. The number of rotatable bonds is 7. The molecule has 0 spiro atoms. The van der Waals surface area contributed by atoms with Gasteiger partial charge in [0.2, 0.25) is 11.8 Å². The number of hydrogen-bond acceptors (Lipinski definition) is 4. The van der Waals surface area contributed by atoms with Crippen molar-refractivity contribution in [3.63, 3.8) is 0 Å². The topological polar surface area (TPSA) is 87.7 Å². The molecule has 0 bridgehead atoms. The van der Waals surface area contributed by atoms with Crippen LogP contribution < -0.4 is 15.4 Å². The van der Waals surface area contributed by atoms with Crippen LogP contribution in [-0.4, -0.2) is 54.9 Å². The van der Waals surface area contributed by atoms with Crippen LogP contribution in [0.15, 0.2) is 24.3 Å². The Balaban J connectivity index is 2.08. The molecule has 0 saturated carbocycles. The molecular weight excluding hydrogens is 348 g/mol. The molecule has 142 valence electrons. The number of carbonyl (C=O) groups is 3. The van der Waals surface area contributed by atoms with Crippen molar-refractivity contribution < 1.29 is 27.9 Å². The van der Waals surface area contributed by atoms with Gasteiger partial charge in [0.15, 0.2) is 0 Å². The van der Waals surface area contributed by atoms with Gasteiger partial charge in [-0.05, 0) is 31.9 Å². The second kappa shape index (κ2) is 9.12. The largest absolute Gasteiger partial charge is 0.434 e. The van der Waals surface area contributed by atoms with E-state index in [0.717, 1.165) is 0 Å². The number of ether oxygens (including phenoxy) is 1. The minimum absolute atomic E-state index is 0.0313. The zero-order valence-electron chi connectivity index (χ0n) is 14.3. The number of likely N-dealkylation sites (tertiary alicyclic amines) is 1. The summed E-state index contributed by atoms with van der Waals surface area (Å²) in [5.74, 6) is -1.57. The first kappa shape index (κ1) is 19.6. The highest BCUT2D eigenvalue weighted by Gasteiger charge is 2.35. The van der Waals surface area contributed by atoms with E-state index in [-0.39, 0.29) is 23.8 Å². The predicted octanol–water partition coefficient (Wildman–Crippen LogP) is 1.14. The van der Waals surface area contributed by atoms with Crippen molar-refractivity contribution in [1.82, 2.24) is 15.5 Å². The molecule has 1 saturated heterocycles. The van der Waals surface area contributed by atoms with Gasteiger partial charge in [0.1, 0.15) is 11.8 Å². The van der Waals surface area contributed by atoms with Gasteiger partial charge in [0, 0.05) is 13.1 Å². The summed E-state index contributed by atoms with van der Waals surface area (Å²) in [6, 6.07) is 4.92. The van der Waals surface area contributed by atoms with Crippen LogP contribution in [0.2, 0.25) is 0 Å². The van der Waals surface area contributed by atoms with Crippen molar-refractivity contribution in [3.05, 3.63) is 29.8 Å². The molecule has 1 unspecified atom stereocenters. The first-order valence-corrected chi connectivity index (χ1v) is 8.33. The molecule has 0 aliphatic carbocycles. The number of para-hydroxylation sites is 1. The van der Waals surface area contributed by atoms with Crippen LogP contribution in [0.4, 0.5) is 8.78 Å². The van der Waals surface area contributed by atoms with Crippen LogP contribution in [0.25, 0.3) is 0 Å². The summed E-state index contributed by atoms with van der Waals surface area (Å²) < 4.78 is 29.5. The maximum atomic E-state index is 12.7. The Morgan fingerprint density at radius 3 is 2.69 bits per heavy atom. The summed E-state index contributed by atoms with van der Waals surface area (Å²) in [5, 5.41) is 5.05. The Morgan fingerprint density at radius 1 is 1.27 bits per heavy atom. The summed E-state index contributed by atoms with van der Waals surface area (Å²) in [6.07, 6.45) is 1.04. The fourth-order valence-electron chi connectivity index (χ4n) is 2.82. The number of amides is 3. The highest BCUT2D eigenvalue weighted by Crippen LogP contribution is 2.26. The van der Waals surface area contributed by atoms with Crippen LogP contribution >= 0.6 is 0 Å². The third kappa shape index (κ3) is 4.90. The second-order valence-corrected chi connectivity index (χ2v) is 5.70. The molecule has 1 aliphatic rings. The lowest BCUT2D eigenvalue weighted by molar-refractivity contribution is -0.128. The minimum Gasteiger partial charge on any atom is -0.434 e. The first-order chi connectivity index (χ1) is 12.4. The molecule has 1 fully saturated rings. The molecule has 2 N–H and O–H groups in total. The molecule has 1 atom stereocenters. The van der Waals surface area contributed by atoms with E-state index in [4.69, 9.17) is 0 Å². The fraction of sp³-hybridized carbons (Fsp3) is 0.471. The van der Waals surface area contributed by atoms with Gasteiger partial charge in [0.05, 0.1) is 12.1 Å². The van der Waals surface area contributed by atoms with E-state index in [2.05, 4.69) is 15.4 Å². The highest BCUT2D eigenvalue weighted by atomic mass is 19.3. The molecule has 1 aromatic rings. The van der Waals surface area contributed by atoms with Crippen molar-refractivity contribution >= 4 is 17.7 Å². The quantitative estimate of drug-likeness (QED) is 0.755. The first-order valence-electron chi connectivity index (χ1n) is 8.33. The molecule has 9 heteroatoms. The van der Waals surface area contributed by atoms with Crippen molar-refractivity contribution in [2.45, 2.75) is 32.4 Å². The summed E-state index contributed by atoms with van der Waals surface area (Å²) in [5.41, 5.74) is -0.0313. The van der Waals surface area contributed by atoms with Gasteiger partial charge in [-0.15, -0.1) is 0 Å². The second-order valence-electron chi connectivity index (χ2n) is 5.70. The van der Waals surface area contributed by atoms with Gasteiger partial charge in [-0.25, -0.2) is 0 Å². The number of halogens is 2. The summed E-state index contributed by atoms with van der Waals surface area (Å²) in [7, 11) is 0. The van der Waals surface area contributed by atoms with Crippen LogP contribution in [-0.2, 0) is 9.59 Å². The average molecular weight is 369 g/mol. The third-order valence-corrected chi connectivity index (χ3v) is 3.95. The number of likely N-dealkylation sites (N-methyl/N-ethyl adjacent to an activating group) is 1. The Labute approximate surface area is 149 Å². The van der Waals surface area contributed by atoms with Gasteiger partial charge >= 0.3 is 6.61 Å². The number of nitrogens with one attached hydrogen (secondary N) is 2. The Bertz CT molecular complexity index is 669. The lowest BCUT2D eigenvalue weighted by Crippen LogP contribution is -2.48. The SMILES string of the molecule is CCNC(=O)CNC(=O)C1CCCN1C(=O)c1ccccc1OC(F)F. The summed E-state index contributed by atoms with van der Waals surface area (Å²) >= 11 is 0. The smallest absolute Gasteiger partial charge is 0.387 e. The third-order valence-electron chi connectivity index (χ3n) is 3.95. The molecule has 1 aliphatic heterocycles. The monoisotopic (exact) mass is 369 g/mol. The zero-order chi connectivity index (χ0) is 19.1. The van der Waals surface area contributed by atoms with E-state index in [1.54, 1.807) is 6.92 Å². The molecule has 1 aromatic carbocycles. The van der Waals surface area contributed by atoms with E-state index in [9.17, 15) is 23.2 Å². The maximum absolute atomic E-state index is 12.7. The van der Waals surface area contributed by atoms with E-state index in [0.29, 0.717) is 25.9 Å². The lowest BCUT2D eigenvalue weighted by atomic mass is 10.1. The summed E-state index contributed by atoms with van der Waals surface area (Å²) in [4.78, 5) is 37.8. The van der Waals surface area contributed by atoms with E-state index >= 15 is 0 Å². The predicted molar refractivity (Wildman–Crippen MR) is 88.8 cm³/mol. The van der Waals surface area contributed by atoms with Crippen molar-refractivity contribution in [2.24, 2.45) is 0 Å². The van der Waals surface area contributed by atoms with Gasteiger partial charge in [-0.2, -0.15) is 8.78 Å². The van der Waals surface area contributed by atoms with Crippen LogP contribution in [0.1, 0.15) is 30.1 Å². The minimum atomic E-state index is -3.06. The molecular formula is C17H21F2N3O4. The maximum Gasteiger partial charge on any atom is 0.387 e. The average Bonchev–Trinajstić information content (AvgIpc) is 3.09. The fourth-order valence-corrected chi connectivity index (χ4v) is 2.82. The zero-order valence-corrected chi connectivity index (χ0v) is 14.3. The number of hydrogen-bond donors (Lipinski definition) is 2. The number of nitrogens with zero attached hydrogens (tertiary/aromatic N) is 1. The van der Waals surface area contributed by atoms with Gasteiger partial charge in [-0.1, -0.05) is 12.1 Å². The number of alkyl halides is 2. The normalized spacial score (nSPS) is 16.5. The lowest BCUT2D eigenvalue weighted by Gasteiger charge is -2.24. The number of carbonyl (C=O) groups excluding carboxylic acids is 3. The van der Waals surface area contributed by atoms with E-state index < -0.39 is 24.5 Å². The van der Waals surface area contributed by atoms with Crippen LogP contribution in [0.3, 0.4) is 0 Å². The molecule has 1 heterocycles. The Kier molecular flexibility index (Phi) is 6.88. The van der Waals surface area contributed by atoms with Crippen molar-refractivity contribution in [2.75, 3.05) is 19.6 Å². The molecule has 26 heavy (non-hydrogen) atoms. The molecule has 0 radical (unpaired) electrons. The molecule has 2 rings (SSSR count). The standard InChI is InChI=1S/C17H21F2N3O4/c1-2-20-14(23)10-21-15(24)12-7-5-9-22(12)16(25)11-6-3-4-8-13(11)26-17(18)19/h3-4,6,8,12,17H,2,5,7,9-10H2,1H3,(H,20,23)(H,21,24). The van der Waals surface area contributed by atoms with Crippen molar-refractivity contribution in [1.29, 1.82) is 0 Å². The van der Waals surface area contributed by atoms with Gasteiger partial charge in [-0.3, -0.25) is 14.4 Å². The molecule has 3 amide bonds. The van der Waals surface area contributed by atoms with Gasteiger partial charge in [0.25, 0.3) is 5.91 Å². The molecule has 0 aromatic heterocycles. The van der Waals surface area contributed by atoms with Crippen LogP contribution in [0, 0.1) is 0 Å². The van der Waals surface area contributed by atoms with Crippen molar-refractivity contribution in [3.8, 4) is 5.75 Å². The Hall–Kier alpha value is -2.71. The van der Waals surface area contributed by atoms with Gasteiger partial charge < -0.3 is 20.3 Å². The Morgan fingerprint density at radius 2 is 2.00 bits per heavy atom. The highest BCUT2D eigenvalue weighted by molar-refractivity contribution is 6.00. The van der Waals surface area contributed by atoms with E-state index in [1.807, 2.05) is 0 Å². The summed E-state index contributed by atoms with van der Waals surface area (Å²) in [6.45, 7) is -0.712.